The highest BCUT2D eigenvalue weighted by molar-refractivity contribution is 6.00. The van der Waals surface area contributed by atoms with E-state index in [2.05, 4.69) is 10.1 Å². The molecule has 0 saturated heterocycles. The normalized spacial score (nSPS) is 11.9. The summed E-state index contributed by atoms with van der Waals surface area (Å²) in [6.45, 7) is 6.46. The van der Waals surface area contributed by atoms with Crippen LogP contribution in [-0.2, 0) is 4.74 Å². The number of hydrogen-bond acceptors (Lipinski definition) is 9. The van der Waals surface area contributed by atoms with Crippen LogP contribution >= 0.6 is 0 Å². The second kappa shape index (κ2) is 10.5. The quantitative estimate of drug-likeness (QED) is 0.303. The van der Waals surface area contributed by atoms with Crippen molar-refractivity contribution in [3.63, 3.8) is 0 Å². The van der Waals surface area contributed by atoms with Crippen LogP contribution in [0.4, 0.5) is 16.3 Å². The van der Waals surface area contributed by atoms with Crippen molar-refractivity contribution in [3.05, 3.63) is 55.1 Å². The first kappa shape index (κ1) is 26.9. The summed E-state index contributed by atoms with van der Waals surface area (Å²) < 4.78 is 14.9. The van der Waals surface area contributed by atoms with Gasteiger partial charge in [0, 0.05) is 43.4 Å². The molecule has 40 heavy (non-hydrogen) atoms. The van der Waals surface area contributed by atoms with E-state index in [-0.39, 0.29) is 0 Å². The molecule has 0 spiro atoms. The number of rotatable bonds is 7. The molecule has 12 heteroatoms. The van der Waals surface area contributed by atoms with E-state index < -0.39 is 11.7 Å². The zero-order chi connectivity index (χ0) is 28.6. The molecule has 208 valence electrons. The third-order valence-corrected chi connectivity index (χ3v) is 6.17. The number of hydrogen-bond donors (Lipinski definition) is 1. The van der Waals surface area contributed by atoms with Crippen LogP contribution in [0.3, 0.4) is 0 Å². The van der Waals surface area contributed by atoms with Crippen LogP contribution in [0.2, 0.25) is 0 Å². The summed E-state index contributed by atoms with van der Waals surface area (Å²) in [5.74, 6) is 0.950. The molecule has 4 heterocycles. The molecule has 4 aromatic heterocycles. The Balaban J connectivity index is 1.74. The molecule has 5 rings (SSSR count). The topological polar surface area (TPSA) is 129 Å². The van der Waals surface area contributed by atoms with Gasteiger partial charge in [-0.15, -0.1) is 5.10 Å². The van der Waals surface area contributed by atoms with Gasteiger partial charge in [-0.25, -0.2) is 19.0 Å². The Hall–Kier alpha value is -4.71. The molecule has 0 aliphatic carbocycles. The SMILES string of the molecule is COc1cc(N)ccc1-n1nc(N(CCN(C)C)C(=O)OC(C)(C)C)c2cnc(-c3cnn4cccnc34)cc21. The fourth-order valence-electron chi connectivity index (χ4n) is 4.30. The number of pyridine rings is 1. The van der Waals surface area contributed by atoms with E-state index in [1.165, 1.54) is 0 Å². The van der Waals surface area contributed by atoms with Crippen LogP contribution in [0, 0.1) is 0 Å². The monoisotopic (exact) mass is 543 g/mol. The number of benzene rings is 1. The maximum absolute atomic E-state index is 13.5. The first-order valence-corrected chi connectivity index (χ1v) is 12.8. The Labute approximate surface area is 231 Å². The lowest BCUT2D eigenvalue weighted by molar-refractivity contribution is 0.0577. The van der Waals surface area contributed by atoms with Crippen LogP contribution in [0.1, 0.15) is 20.8 Å². The summed E-state index contributed by atoms with van der Waals surface area (Å²) in [6, 6.07) is 9.07. The molecule has 0 radical (unpaired) electrons. The lowest BCUT2D eigenvalue weighted by atomic mass is 10.1. The lowest BCUT2D eigenvalue weighted by Crippen LogP contribution is -2.40. The predicted octanol–water partition coefficient (Wildman–Crippen LogP) is 4.02. The standard InChI is InChI=1S/C28H33N9O3/c1-28(2,3)40-27(38)35(13-12-34(4)5)26-20-16-31-21(19-17-32-36-11-7-10-30-25(19)36)15-23(20)37(33-26)22-9-8-18(29)14-24(22)39-6/h7-11,14-17H,12-13,29H2,1-6H3. The predicted molar refractivity (Wildman–Crippen MR) is 154 cm³/mol. The molecule has 2 N–H and O–H groups in total. The molecule has 0 aliphatic rings. The first-order valence-electron chi connectivity index (χ1n) is 12.8. The van der Waals surface area contributed by atoms with Crippen LogP contribution in [0.25, 0.3) is 33.5 Å². The third kappa shape index (κ3) is 5.25. The van der Waals surface area contributed by atoms with Gasteiger partial charge >= 0.3 is 6.09 Å². The van der Waals surface area contributed by atoms with E-state index in [1.54, 1.807) is 51.9 Å². The van der Waals surface area contributed by atoms with Gasteiger partial charge in [0.2, 0.25) is 0 Å². The fourth-order valence-corrected chi connectivity index (χ4v) is 4.30. The van der Waals surface area contributed by atoms with Gasteiger partial charge in [-0.1, -0.05) is 0 Å². The van der Waals surface area contributed by atoms with Gasteiger partial charge in [0.05, 0.1) is 35.5 Å². The van der Waals surface area contributed by atoms with Gasteiger partial charge in [0.25, 0.3) is 0 Å². The average Bonchev–Trinajstić information content (AvgIpc) is 3.49. The molecule has 5 aromatic rings. The van der Waals surface area contributed by atoms with Gasteiger partial charge in [-0.2, -0.15) is 5.10 Å². The van der Waals surface area contributed by atoms with Crippen molar-refractivity contribution in [1.82, 2.24) is 34.3 Å². The number of nitrogens with zero attached hydrogens (tertiary/aromatic N) is 8. The van der Waals surface area contributed by atoms with Crippen molar-refractivity contribution in [1.29, 1.82) is 0 Å². The summed E-state index contributed by atoms with van der Waals surface area (Å²) in [5, 5.41) is 10.0. The Kier molecular flexibility index (Phi) is 7.03. The highest BCUT2D eigenvalue weighted by atomic mass is 16.6. The molecule has 0 atom stereocenters. The highest BCUT2D eigenvalue weighted by Crippen LogP contribution is 2.35. The largest absolute Gasteiger partial charge is 0.494 e. The van der Waals surface area contributed by atoms with E-state index in [0.717, 1.165) is 5.56 Å². The van der Waals surface area contributed by atoms with Gasteiger partial charge in [-0.05, 0) is 59.1 Å². The molecular formula is C28H33N9O3. The second-order valence-electron chi connectivity index (χ2n) is 10.6. The molecular weight excluding hydrogens is 510 g/mol. The minimum Gasteiger partial charge on any atom is -0.494 e. The molecule has 0 bridgehead atoms. The number of amides is 1. The molecule has 12 nitrogen and oxygen atoms in total. The Bertz CT molecular complexity index is 1680. The van der Waals surface area contributed by atoms with Crippen molar-refractivity contribution in [2.24, 2.45) is 0 Å². The minimum absolute atomic E-state index is 0.354. The Morgan fingerprint density at radius 1 is 1.10 bits per heavy atom. The Morgan fingerprint density at radius 2 is 1.90 bits per heavy atom. The zero-order valence-electron chi connectivity index (χ0n) is 23.5. The highest BCUT2D eigenvalue weighted by Gasteiger charge is 2.29. The van der Waals surface area contributed by atoms with Crippen LogP contribution in [-0.4, -0.2) is 80.3 Å². The number of fused-ring (bicyclic) bond motifs is 2. The summed E-state index contributed by atoms with van der Waals surface area (Å²) >= 11 is 0. The number of aromatic nitrogens is 6. The molecule has 0 aliphatic heterocycles. The number of ether oxygens (including phenoxy) is 2. The molecule has 0 saturated carbocycles. The summed E-state index contributed by atoms with van der Waals surface area (Å²) in [6.07, 6.45) is 6.49. The molecule has 1 aromatic carbocycles. The minimum atomic E-state index is -0.687. The fraction of sp³-hybridized carbons (Fsp3) is 0.321. The first-order chi connectivity index (χ1) is 19.1. The van der Waals surface area contributed by atoms with Crippen LogP contribution < -0.4 is 15.4 Å². The van der Waals surface area contributed by atoms with Gasteiger partial charge in [0.15, 0.2) is 11.5 Å². The smallest absolute Gasteiger partial charge is 0.416 e. The maximum atomic E-state index is 13.5. The number of carbonyl (C=O) groups excluding carboxylic acids is 1. The van der Waals surface area contributed by atoms with E-state index in [0.29, 0.717) is 58.3 Å². The van der Waals surface area contributed by atoms with E-state index in [4.69, 9.17) is 25.3 Å². The number of anilines is 2. The summed E-state index contributed by atoms with van der Waals surface area (Å²) in [4.78, 5) is 26.3. The number of nitrogen functional groups attached to an aromatic ring is 1. The van der Waals surface area contributed by atoms with Crippen molar-refractivity contribution < 1.29 is 14.3 Å². The van der Waals surface area contributed by atoms with Crippen molar-refractivity contribution in [2.75, 3.05) is 44.9 Å². The van der Waals surface area contributed by atoms with Gasteiger partial charge < -0.3 is 20.1 Å². The zero-order valence-corrected chi connectivity index (χ0v) is 23.5. The second-order valence-corrected chi connectivity index (χ2v) is 10.6. The lowest BCUT2D eigenvalue weighted by Gasteiger charge is -2.27. The van der Waals surface area contributed by atoms with Crippen molar-refractivity contribution >= 4 is 34.1 Å². The van der Waals surface area contributed by atoms with Crippen molar-refractivity contribution in [3.8, 4) is 22.7 Å². The third-order valence-electron chi connectivity index (χ3n) is 6.17. The molecule has 1 amide bonds. The summed E-state index contributed by atoms with van der Waals surface area (Å²) in [5.41, 5.74) is 9.36. The van der Waals surface area contributed by atoms with Gasteiger partial charge in [0.1, 0.15) is 17.0 Å². The van der Waals surface area contributed by atoms with Crippen LogP contribution in [0.15, 0.2) is 55.1 Å². The number of nitrogens with two attached hydrogens (primary N) is 1. The van der Waals surface area contributed by atoms with E-state index in [9.17, 15) is 4.79 Å². The molecule has 0 fully saturated rings. The average molecular weight is 544 g/mol. The van der Waals surface area contributed by atoms with Crippen molar-refractivity contribution in [2.45, 2.75) is 26.4 Å². The van der Waals surface area contributed by atoms with E-state index in [1.807, 2.05) is 64.2 Å². The van der Waals surface area contributed by atoms with Crippen LogP contribution in [0.5, 0.6) is 5.75 Å². The molecule has 0 unspecified atom stereocenters. The summed E-state index contributed by atoms with van der Waals surface area (Å²) in [7, 11) is 5.47. The number of carbonyl (C=O) groups is 1. The number of likely N-dealkylation sites (N-methyl/N-ethyl adjacent to an activating group) is 1. The van der Waals surface area contributed by atoms with Gasteiger partial charge in [-0.3, -0.25) is 9.88 Å². The Morgan fingerprint density at radius 3 is 2.62 bits per heavy atom. The maximum Gasteiger partial charge on any atom is 0.416 e. The van der Waals surface area contributed by atoms with E-state index >= 15 is 0 Å². The number of methoxy groups -OCH3 is 1.